The maximum absolute atomic E-state index is 4.80. The predicted molar refractivity (Wildman–Crippen MR) is 90.6 cm³/mol. The molecule has 1 aliphatic carbocycles. The summed E-state index contributed by atoms with van der Waals surface area (Å²) in [6.07, 6.45) is 7.02. The zero-order valence-corrected chi connectivity index (χ0v) is 13.9. The molecule has 0 amide bonds. The Morgan fingerprint density at radius 1 is 1.24 bits per heavy atom. The van der Waals surface area contributed by atoms with Crippen molar-refractivity contribution in [1.29, 1.82) is 0 Å². The average Bonchev–Trinajstić information content (AvgIpc) is 2.48. The summed E-state index contributed by atoms with van der Waals surface area (Å²) in [5, 5.41) is 3.47. The number of nitrogens with one attached hydrogen (secondary N) is 1. The summed E-state index contributed by atoms with van der Waals surface area (Å²) in [6.45, 7) is 7.52. The summed E-state index contributed by atoms with van der Waals surface area (Å²) in [4.78, 5) is 7.13. The summed E-state index contributed by atoms with van der Waals surface area (Å²) in [6, 6.07) is 6.38. The molecular weight excluding hydrogens is 258 g/mol. The number of aromatic nitrogens is 1. The lowest BCUT2D eigenvalue weighted by Gasteiger charge is -2.27. The fourth-order valence-electron chi connectivity index (χ4n) is 3.12. The highest BCUT2D eigenvalue weighted by molar-refractivity contribution is 5.38. The Kier molecular flexibility index (Phi) is 6.50. The van der Waals surface area contributed by atoms with E-state index in [1.807, 2.05) is 0 Å². The van der Waals surface area contributed by atoms with Crippen LogP contribution in [0.1, 0.15) is 51.6 Å². The molecule has 0 atom stereocenters. The van der Waals surface area contributed by atoms with Gasteiger partial charge in [-0.1, -0.05) is 39.2 Å². The molecule has 1 saturated carbocycles. The van der Waals surface area contributed by atoms with Crippen molar-refractivity contribution in [3.05, 3.63) is 23.9 Å². The first-order chi connectivity index (χ1) is 10.1. The molecule has 3 heteroatoms. The quantitative estimate of drug-likeness (QED) is 0.826. The van der Waals surface area contributed by atoms with Crippen LogP contribution in [0.15, 0.2) is 18.2 Å². The Bertz CT molecular complexity index is 411. The van der Waals surface area contributed by atoms with Crippen molar-refractivity contribution < 1.29 is 0 Å². The van der Waals surface area contributed by atoms with Crippen LogP contribution in [-0.4, -0.2) is 25.1 Å². The van der Waals surface area contributed by atoms with Crippen LogP contribution in [0.4, 0.5) is 5.82 Å². The normalized spacial score (nSPS) is 16.4. The third-order valence-corrected chi connectivity index (χ3v) is 4.30. The molecule has 0 bridgehead atoms. The minimum absolute atomic E-state index is 0.683. The third kappa shape index (κ3) is 5.66. The zero-order chi connectivity index (χ0) is 15.1. The largest absolute Gasteiger partial charge is 0.359 e. The second kappa shape index (κ2) is 8.38. The van der Waals surface area contributed by atoms with E-state index >= 15 is 0 Å². The van der Waals surface area contributed by atoms with Crippen molar-refractivity contribution >= 4 is 5.82 Å². The second-order valence-corrected chi connectivity index (χ2v) is 6.90. The number of hydrogen-bond donors (Lipinski definition) is 1. The van der Waals surface area contributed by atoms with E-state index in [1.165, 1.54) is 32.1 Å². The van der Waals surface area contributed by atoms with Gasteiger partial charge in [0.2, 0.25) is 0 Å². The van der Waals surface area contributed by atoms with Gasteiger partial charge in [0.1, 0.15) is 5.82 Å². The van der Waals surface area contributed by atoms with E-state index in [2.05, 4.69) is 49.3 Å². The van der Waals surface area contributed by atoms with Gasteiger partial charge >= 0.3 is 0 Å². The van der Waals surface area contributed by atoms with Gasteiger partial charge in [-0.05, 0) is 43.4 Å². The van der Waals surface area contributed by atoms with Crippen molar-refractivity contribution in [2.24, 2.45) is 11.8 Å². The second-order valence-electron chi connectivity index (χ2n) is 6.90. The van der Waals surface area contributed by atoms with E-state index in [4.69, 9.17) is 4.98 Å². The van der Waals surface area contributed by atoms with Crippen LogP contribution >= 0.6 is 0 Å². The number of nitrogens with zero attached hydrogens (tertiary/aromatic N) is 2. The number of anilines is 1. The Hall–Kier alpha value is -1.09. The molecule has 118 valence electrons. The van der Waals surface area contributed by atoms with E-state index in [0.29, 0.717) is 5.92 Å². The Morgan fingerprint density at radius 2 is 2.00 bits per heavy atom. The first-order valence-electron chi connectivity index (χ1n) is 8.53. The molecule has 1 aliphatic rings. The van der Waals surface area contributed by atoms with Crippen LogP contribution in [-0.2, 0) is 6.54 Å². The lowest BCUT2D eigenvalue weighted by Crippen LogP contribution is -2.28. The molecule has 0 saturated heterocycles. The molecule has 1 N–H and O–H groups in total. The fraction of sp³-hybridized carbons (Fsp3) is 0.722. The van der Waals surface area contributed by atoms with Gasteiger partial charge in [0.15, 0.2) is 0 Å². The molecule has 0 radical (unpaired) electrons. The average molecular weight is 289 g/mol. The van der Waals surface area contributed by atoms with Gasteiger partial charge in [-0.15, -0.1) is 0 Å². The van der Waals surface area contributed by atoms with E-state index in [-0.39, 0.29) is 0 Å². The lowest BCUT2D eigenvalue weighted by atomic mass is 9.89. The van der Waals surface area contributed by atoms with E-state index in [1.54, 1.807) is 0 Å². The van der Waals surface area contributed by atoms with Crippen LogP contribution in [0.2, 0.25) is 0 Å². The zero-order valence-electron chi connectivity index (χ0n) is 13.9. The molecule has 0 aromatic carbocycles. The fourth-order valence-corrected chi connectivity index (χ4v) is 3.12. The van der Waals surface area contributed by atoms with Gasteiger partial charge in [0, 0.05) is 20.1 Å². The van der Waals surface area contributed by atoms with Crippen LogP contribution in [0.25, 0.3) is 0 Å². The molecule has 1 aromatic heterocycles. The highest BCUT2D eigenvalue weighted by Crippen LogP contribution is 2.25. The number of hydrogen-bond acceptors (Lipinski definition) is 3. The van der Waals surface area contributed by atoms with Crippen molar-refractivity contribution in [2.45, 2.75) is 52.5 Å². The van der Waals surface area contributed by atoms with E-state index in [9.17, 15) is 0 Å². The highest BCUT2D eigenvalue weighted by Gasteiger charge is 2.16. The van der Waals surface area contributed by atoms with Crippen LogP contribution in [0.3, 0.4) is 0 Å². The van der Waals surface area contributed by atoms with Crippen LogP contribution < -0.4 is 10.2 Å². The third-order valence-electron chi connectivity index (χ3n) is 4.30. The van der Waals surface area contributed by atoms with Crippen molar-refractivity contribution in [1.82, 2.24) is 10.3 Å². The number of rotatable bonds is 7. The van der Waals surface area contributed by atoms with Crippen molar-refractivity contribution in [3.63, 3.8) is 0 Å². The lowest BCUT2D eigenvalue weighted by molar-refractivity contribution is 0.361. The first kappa shape index (κ1) is 16.3. The summed E-state index contributed by atoms with van der Waals surface area (Å²) in [5.74, 6) is 2.65. The molecule has 2 rings (SSSR count). The van der Waals surface area contributed by atoms with Gasteiger partial charge in [0.05, 0.1) is 5.69 Å². The Labute approximate surface area is 130 Å². The topological polar surface area (TPSA) is 28.2 Å². The molecular formula is C18H31N3. The summed E-state index contributed by atoms with van der Waals surface area (Å²) in [5.41, 5.74) is 1.14. The van der Waals surface area contributed by atoms with Crippen molar-refractivity contribution in [2.75, 3.05) is 25.0 Å². The summed E-state index contributed by atoms with van der Waals surface area (Å²) >= 11 is 0. The molecule has 0 spiro atoms. The first-order valence-corrected chi connectivity index (χ1v) is 8.53. The monoisotopic (exact) mass is 289 g/mol. The van der Waals surface area contributed by atoms with E-state index < -0.39 is 0 Å². The van der Waals surface area contributed by atoms with Crippen LogP contribution in [0.5, 0.6) is 0 Å². The summed E-state index contributed by atoms with van der Waals surface area (Å²) < 4.78 is 0. The van der Waals surface area contributed by atoms with Gasteiger partial charge in [-0.3, -0.25) is 0 Å². The molecule has 0 unspecified atom stereocenters. The Balaban J connectivity index is 1.86. The molecule has 21 heavy (non-hydrogen) atoms. The highest BCUT2D eigenvalue weighted by atomic mass is 15.2. The number of pyridine rings is 1. The predicted octanol–water partition coefficient (Wildman–Crippen LogP) is 3.84. The molecule has 0 aliphatic heterocycles. The van der Waals surface area contributed by atoms with Gasteiger partial charge in [-0.2, -0.15) is 0 Å². The minimum atomic E-state index is 0.683. The Morgan fingerprint density at radius 3 is 2.71 bits per heavy atom. The van der Waals surface area contributed by atoms with Gasteiger partial charge in [0.25, 0.3) is 0 Å². The van der Waals surface area contributed by atoms with Crippen molar-refractivity contribution in [3.8, 4) is 0 Å². The molecule has 1 aromatic rings. The minimum Gasteiger partial charge on any atom is -0.359 e. The van der Waals surface area contributed by atoms with Crippen LogP contribution in [0, 0.1) is 11.8 Å². The SMILES string of the molecule is CC(C)CNCc1cccc(N(C)CC2CCCCC2)n1. The maximum Gasteiger partial charge on any atom is 0.128 e. The standard InChI is InChI=1S/C18H31N3/c1-15(2)12-19-13-17-10-7-11-18(20-17)21(3)14-16-8-5-4-6-9-16/h7,10-11,15-16,19H,4-6,8-9,12-14H2,1-3H3. The molecule has 3 nitrogen and oxygen atoms in total. The molecule has 1 heterocycles. The smallest absolute Gasteiger partial charge is 0.128 e. The maximum atomic E-state index is 4.80. The molecule has 1 fully saturated rings. The van der Waals surface area contributed by atoms with Gasteiger partial charge in [-0.25, -0.2) is 4.98 Å². The van der Waals surface area contributed by atoms with E-state index in [0.717, 1.165) is 37.1 Å². The summed E-state index contributed by atoms with van der Waals surface area (Å²) in [7, 11) is 2.18. The van der Waals surface area contributed by atoms with Gasteiger partial charge < -0.3 is 10.2 Å².